The Bertz CT molecular complexity index is 1570. The maximum Gasteiger partial charge on any atom is 0.294 e. The van der Waals surface area contributed by atoms with Crippen LogP contribution in [0.15, 0.2) is 82.5 Å². The second-order valence-corrected chi connectivity index (χ2v) is 8.79. The number of ether oxygens (including phenoxy) is 3. The number of amides is 1. The van der Waals surface area contributed by atoms with Gasteiger partial charge in [-0.25, -0.2) is 0 Å². The number of hydrogen-bond donors (Lipinski definition) is 1. The average Bonchev–Trinajstić information content (AvgIpc) is 3.51. The van der Waals surface area contributed by atoms with E-state index in [-0.39, 0.29) is 11.3 Å². The van der Waals surface area contributed by atoms with Crippen molar-refractivity contribution in [3.63, 3.8) is 0 Å². The summed E-state index contributed by atoms with van der Waals surface area (Å²) in [6.07, 6.45) is 0.830. The topological polar surface area (TPSA) is 98.4 Å². The van der Waals surface area contributed by atoms with Crippen molar-refractivity contribution >= 4 is 28.3 Å². The van der Waals surface area contributed by atoms with Gasteiger partial charge in [0, 0.05) is 17.1 Å². The third kappa shape index (κ3) is 4.04. The van der Waals surface area contributed by atoms with Crippen LogP contribution in [0.4, 0.5) is 5.69 Å². The van der Waals surface area contributed by atoms with Crippen LogP contribution in [-0.2, 0) is 11.2 Å². The largest absolute Gasteiger partial charge is 0.503 e. The average molecular weight is 514 g/mol. The molecular weight excluding hydrogens is 486 g/mol. The van der Waals surface area contributed by atoms with Crippen molar-refractivity contribution in [3.8, 4) is 17.2 Å². The Labute approximate surface area is 219 Å². The second-order valence-electron chi connectivity index (χ2n) is 8.79. The van der Waals surface area contributed by atoms with Gasteiger partial charge in [-0.05, 0) is 41.8 Å². The van der Waals surface area contributed by atoms with Gasteiger partial charge in [0.25, 0.3) is 5.91 Å². The summed E-state index contributed by atoms with van der Waals surface area (Å²) in [7, 11) is 4.53. The highest BCUT2D eigenvalue weighted by atomic mass is 16.5. The molecule has 194 valence electrons. The standard InChI is InChI=1S/C30H27NO7/c1-5-17-9-11-18(12-10-17)26-25(27(32)24-15-19-7-6-8-22(36-3)29(19)38-24)28(33)30(34)31(26)20-13-14-21(35-2)23(16-20)37-4/h6-16,26,33H,5H2,1-4H3. The van der Waals surface area contributed by atoms with Gasteiger partial charge in [-0.15, -0.1) is 0 Å². The molecule has 8 heteroatoms. The van der Waals surface area contributed by atoms with Crippen LogP contribution in [0.2, 0.25) is 0 Å². The van der Waals surface area contributed by atoms with E-state index in [0.29, 0.717) is 39.5 Å². The smallest absolute Gasteiger partial charge is 0.294 e. The van der Waals surface area contributed by atoms with E-state index in [1.54, 1.807) is 42.5 Å². The summed E-state index contributed by atoms with van der Waals surface area (Å²) in [6.45, 7) is 2.04. The lowest BCUT2D eigenvalue weighted by Gasteiger charge is -2.27. The van der Waals surface area contributed by atoms with Crippen LogP contribution in [0.3, 0.4) is 0 Å². The lowest BCUT2D eigenvalue weighted by Crippen LogP contribution is -2.31. The Morgan fingerprint density at radius 3 is 2.29 bits per heavy atom. The molecule has 0 spiro atoms. The van der Waals surface area contributed by atoms with E-state index in [1.165, 1.54) is 26.2 Å². The molecule has 1 N–H and O–H groups in total. The van der Waals surface area contributed by atoms with Crippen molar-refractivity contribution in [1.82, 2.24) is 0 Å². The van der Waals surface area contributed by atoms with Crippen LogP contribution in [0.1, 0.15) is 34.6 Å². The summed E-state index contributed by atoms with van der Waals surface area (Å²) in [5.74, 6) is -0.593. The Morgan fingerprint density at radius 1 is 0.921 bits per heavy atom. The predicted octanol–water partition coefficient (Wildman–Crippen LogP) is 5.80. The Hall–Kier alpha value is -4.72. The fourth-order valence-corrected chi connectivity index (χ4v) is 4.77. The molecule has 1 aromatic heterocycles. The molecular formula is C30H27NO7. The molecule has 8 nitrogen and oxygen atoms in total. The Morgan fingerprint density at radius 2 is 1.63 bits per heavy atom. The third-order valence-corrected chi connectivity index (χ3v) is 6.75. The van der Waals surface area contributed by atoms with Crippen molar-refractivity contribution in [2.45, 2.75) is 19.4 Å². The van der Waals surface area contributed by atoms with Gasteiger partial charge in [-0.3, -0.25) is 14.5 Å². The number of aryl methyl sites for hydroxylation is 1. The number of methoxy groups -OCH3 is 3. The summed E-state index contributed by atoms with van der Waals surface area (Å²) in [6, 6.07) is 18.6. The second kappa shape index (κ2) is 9.97. The van der Waals surface area contributed by atoms with Gasteiger partial charge >= 0.3 is 0 Å². The molecule has 0 fully saturated rings. The van der Waals surface area contributed by atoms with E-state index in [0.717, 1.165) is 12.0 Å². The van der Waals surface area contributed by atoms with Crippen molar-refractivity contribution in [2.75, 3.05) is 26.2 Å². The number of para-hydroxylation sites is 1. The van der Waals surface area contributed by atoms with Gasteiger partial charge in [0.15, 0.2) is 34.4 Å². The molecule has 3 aromatic carbocycles. The monoisotopic (exact) mass is 513 g/mol. The lowest BCUT2D eigenvalue weighted by molar-refractivity contribution is -0.117. The van der Waals surface area contributed by atoms with Crippen LogP contribution in [0.5, 0.6) is 17.2 Å². The van der Waals surface area contributed by atoms with Crippen LogP contribution in [0.25, 0.3) is 11.0 Å². The van der Waals surface area contributed by atoms with Crippen LogP contribution in [-0.4, -0.2) is 38.1 Å². The first-order valence-electron chi connectivity index (χ1n) is 12.1. The van der Waals surface area contributed by atoms with Crippen LogP contribution < -0.4 is 19.1 Å². The van der Waals surface area contributed by atoms with E-state index < -0.39 is 23.5 Å². The number of furan rings is 1. The first kappa shape index (κ1) is 25.0. The van der Waals surface area contributed by atoms with Crippen LogP contribution in [0, 0.1) is 0 Å². The molecule has 0 saturated heterocycles. The molecule has 38 heavy (non-hydrogen) atoms. The Kier molecular flexibility index (Phi) is 6.55. The molecule has 0 aliphatic carbocycles. The summed E-state index contributed by atoms with van der Waals surface area (Å²) >= 11 is 0. The number of ketones is 1. The molecule has 4 aromatic rings. The zero-order valence-electron chi connectivity index (χ0n) is 21.5. The highest BCUT2D eigenvalue weighted by molar-refractivity contribution is 6.20. The van der Waals surface area contributed by atoms with Crippen molar-refractivity contribution in [2.24, 2.45) is 0 Å². The van der Waals surface area contributed by atoms with E-state index in [9.17, 15) is 14.7 Å². The minimum absolute atomic E-state index is 0.0109. The van der Waals surface area contributed by atoms with E-state index >= 15 is 0 Å². The summed E-state index contributed by atoms with van der Waals surface area (Å²) in [5.41, 5.74) is 2.51. The number of Topliss-reactive ketones (excluding diaryl/α,β-unsaturated/α-hetero) is 1. The van der Waals surface area contributed by atoms with Gasteiger partial charge < -0.3 is 23.7 Å². The van der Waals surface area contributed by atoms with Gasteiger partial charge in [-0.2, -0.15) is 0 Å². The number of aliphatic hydroxyl groups excluding tert-OH is 1. The predicted molar refractivity (Wildman–Crippen MR) is 142 cm³/mol. The SMILES string of the molecule is CCc1ccc(C2C(C(=O)c3cc4cccc(OC)c4o3)=C(O)C(=O)N2c2ccc(OC)c(OC)c2)cc1. The molecule has 5 rings (SSSR count). The molecule has 1 aliphatic heterocycles. The molecule has 1 aliphatic rings. The lowest BCUT2D eigenvalue weighted by atomic mass is 9.94. The molecule has 2 heterocycles. The molecule has 0 saturated carbocycles. The van der Waals surface area contributed by atoms with Gasteiger partial charge in [-0.1, -0.05) is 43.3 Å². The first-order chi connectivity index (χ1) is 18.4. The number of benzene rings is 3. The van der Waals surface area contributed by atoms with Gasteiger partial charge in [0.1, 0.15) is 0 Å². The molecule has 1 unspecified atom stereocenters. The first-order valence-corrected chi connectivity index (χ1v) is 12.1. The van der Waals surface area contributed by atoms with E-state index in [1.807, 2.05) is 31.2 Å². The zero-order valence-corrected chi connectivity index (χ0v) is 21.5. The van der Waals surface area contributed by atoms with E-state index in [2.05, 4.69) is 0 Å². The number of rotatable bonds is 8. The number of fused-ring (bicyclic) bond motifs is 1. The minimum Gasteiger partial charge on any atom is -0.503 e. The maximum absolute atomic E-state index is 13.9. The fraction of sp³-hybridized carbons (Fsp3) is 0.200. The highest BCUT2D eigenvalue weighted by Gasteiger charge is 2.45. The minimum atomic E-state index is -0.908. The molecule has 1 amide bonds. The number of nitrogens with zero attached hydrogens (tertiary/aromatic N) is 1. The molecule has 1 atom stereocenters. The molecule has 0 radical (unpaired) electrons. The highest BCUT2D eigenvalue weighted by Crippen LogP contribution is 2.44. The summed E-state index contributed by atoms with van der Waals surface area (Å²) < 4.78 is 22.0. The van der Waals surface area contributed by atoms with Crippen molar-refractivity contribution in [3.05, 3.63) is 94.9 Å². The number of anilines is 1. The Balaban J connectivity index is 1.66. The molecule has 0 bridgehead atoms. The third-order valence-electron chi connectivity index (χ3n) is 6.75. The van der Waals surface area contributed by atoms with Gasteiger partial charge in [0.2, 0.25) is 5.78 Å². The van der Waals surface area contributed by atoms with Crippen molar-refractivity contribution < 1.29 is 33.3 Å². The zero-order chi connectivity index (χ0) is 27.0. The quantitative estimate of drug-likeness (QED) is 0.297. The van der Waals surface area contributed by atoms with Gasteiger partial charge in [0.05, 0.1) is 32.9 Å². The van der Waals surface area contributed by atoms with E-state index in [4.69, 9.17) is 18.6 Å². The number of carbonyl (C=O) groups is 2. The van der Waals surface area contributed by atoms with Crippen molar-refractivity contribution in [1.29, 1.82) is 0 Å². The fourth-order valence-electron chi connectivity index (χ4n) is 4.77. The number of hydrogen-bond acceptors (Lipinski definition) is 7. The maximum atomic E-state index is 13.9. The normalized spacial score (nSPS) is 15.3. The van der Waals surface area contributed by atoms with Crippen LogP contribution >= 0.6 is 0 Å². The number of aliphatic hydroxyl groups is 1. The number of carbonyl (C=O) groups excluding carboxylic acids is 2. The summed E-state index contributed by atoms with van der Waals surface area (Å²) in [4.78, 5) is 28.8. The summed E-state index contributed by atoms with van der Waals surface area (Å²) in [5, 5.41) is 11.8.